The Bertz CT molecular complexity index is 647. The maximum Gasteiger partial charge on any atom is 0.338 e. The highest BCUT2D eigenvalue weighted by Crippen LogP contribution is 2.27. The summed E-state index contributed by atoms with van der Waals surface area (Å²) < 4.78 is 5.06. The summed E-state index contributed by atoms with van der Waals surface area (Å²) in [6.45, 7) is 5.11. The predicted octanol–water partition coefficient (Wildman–Crippen LogP) is 2.08. The standard InChI is InChI=1S/C16H18N2O4/c1-4-22-15(20)13-9(2)17-16(21)18-14(13)12-7-5-11(6-8-12)10(3)19/h5-8,14H,4H2,1-3H3,(H2,17,18,21). The third kappa shape index (κ3) is 3.16. The number of carbonyl (C=O) groups excluding carboxylic acids is 3. The average molecular weight is 302 g/mol. The van der Waals surface area contributed by atoms with Gasteiger partial charge in [0.15, 0.2) is 5.78 Å². The number of nitrogens with one attached hydrogen (secondary N) is 2. The first kappa shape index (κ1) is 15.8. The summed E-state index contributed by atoms with van der Waals surface area (Å²) in [4.78, 5) is 35.2. The highest BCUT2D eigenvalue weighted by Gasteiger charge is 2.31. The number of hydrogen-bond donors (Lipinski definition) is 2. The minimum Gasteiger partial charge on any atom is -0.463 e. The van der Waals surface area contributed by atoms with Gasteiger partial charge in [0.05, 0.1) is 18.2 Å². The number of benzene rings is 1. The molecule has 0 aromatic heterocycles. The molecule has 0 aliphatic carbocycles. The van der Waals surface area contributed by atoms with E-state index in [0.29, 0.717) is 22.4 Å². The van der Waals surface area contributed by atoms with Gasteiger partial charge >= 0.3 is 12.0 Å². The molecule has 6 heteroatoms. The van der Waals surface area contributed by atoms with Crippen molar-refractivity contribution in [3.8, 4) is 0 Å². The lowest BCUT2D eigenvalue weighted by Gasteiger charge is -2.28. The van der Waals surface area contributed by atoms with Gasteiger partial charge in [-0.25, -0.2) is 9.59 Å². The van der Waals surface area contributed by atoms with Crippen molar-refractivity contribution in [2.75, 3.05) is 6.61 Å². The van der Waals surface area contributed by atoms with Gasteiger partial charge in [-0.2, -0.15) is 0 Å². The number of ketones is 1. The molecule has 22 heavy (non-hydrogen) atoms. The van der Waals surface area contributed by atoms with Crippen LogP contribution in [-0.2, 0) is 9.53 Å². The van der Waals surface area contributed by atoms with E-state index in [-0.39, 0.29) is 18.4 Å². The molecule has 2 rings (SSSR count). The lowest BCUT2D eigenvalue weighted by atomic mass is 9.94. The zero-order valence-electron chi connectivity index (χ0n) is 12.7. The molecule has 6 nitrogen and oxygen atoms in total. The monoisotopic (exact) mass is 302 g/mol. The van der Waals surface area contributed by atoms with Crippen LogP contribution in [0, 0.1) is 0 Å². The number of amides is 2. The minimum absolute atomic E-state index is 0.0433. The summed E-state index contributed by atoms with van der Waals surface area (Å²) in [5, 5.41) is 5.28. The molecule has 1 atom stereocenters. The fourth-order valence-electron chi connectivity index (χ4n) is 2.33. The van der Waals surface area contributed by atoms with Crippen LogP contribution in [0.25, 0.3) is 0 Å². The molecule has 1 aliphatic rings. The van der Waals surface area contributed by atoms with Gasteiger partial charge in [0, 0.05) is 11.3 Å². The van der Waals surface area contributed by atoms with Crippen LogP contribution in [-0.4, -0.2) is 24.4 Å². The summed E-state index contributed by atoms with van der Waals surface area (Å²) in [5.41, 5.74) is 2.10. The predicted molar refractivity (Wildman–Crippen MR) is 80.2 cm³/mol. The number of esters is 1. The molecule has 1 unspecified atom stereocenters. The Kier molecular flexibility index (Phi) is 4.60. The molecule has 2 N–H and O–H groups in total. The SMILES string of the molecule is CCOC(=O)C1=C(C)NC(=O)NC1c1ccc(C(C)=O)cc1. The van der Waals surface area contributed by atoms with E-state index in [9.17, 15) is 14.4 Å². The highest BCUT2D eigenvalue weighted by molar-refractivity contribution is 5.96. The quantitative estimate of drug-likeness (QED) is 0.659. The normalized spacial score (nSPS) is 17.6. The summed E-state index contributed by atoms with van der Waals surface area (Å²) in [6.07, 6.45) is 0. The molecular weight excluding hydrogens is 284 g/mol. The molecule has 0 spiro atoms. The minimum atomic E-state index is -0.603. The van der Waals surface area contributed by atoms with Crippen LogP contribution in [0.3, 0.4) is 0 Å². The van der Waals surface area contributed by atoms with Gasteiger partial charge in [0.1, 0.15) is 0 Å². The Morgan fingerprint density at radius 3 is 2.41 bits per heavy atom. The van der Waals surface area contributed by atoms with E-state index in [2.05, 4.69) is 10.6 Å². The van der Waals surface area contributed by atoms with Gasteiger partial charge in [-0.1, -0.05) is 24.3 Å². The Labute approximate surface area is 128 Å². The number of carbonyl (C=O) groups is 3. The number of rotatable bonds is 4. The molecular formula is C16H18N2O4. The molecule has 1 heterocycles. The highest BCUT2D eigenvalue weighted by atomic mass is 16.5. The second kappa shape index (κ2) is 6.43. The first-order chi connectivity index (χ1) is 10.4. The zero-order valence-corrected chi connectivity index (χ0v) is 12.7. The Hall–Kier alpha value is -2.63. The van der Waals surface area contributed by atoms with Crippen molar-refractivity contribution in [1.29, 1.82) is 0 Å². The van der Waals surface area contributed by atoms with Gasteiger partial charge in [0.2, 0.25) is 0 Å². The number of hydrogen-bond acceptors (Lipinski definition) is 4. The van der Waals surface area contributed by atoms with E-state index in [0.717, 1.165) is 0 Å². The van der Waals surface area contributed by atoms with E-state index >= 15 is 0 Å². The number of allylic oxidation sites excluding steroid dienone is 1. The molecule has 116 valence electrons. The number of urea groups is 1. The topological polar surface area (TPSA) is 84.5 Å². The molecule has 1 aromatic rings. The van der Waals surface area contributed by atoms with E-state index in [1.54, 1.807) is 38.1 Å². The Morgan fingerprint density at radius 1 is 1.23 bits per heavy atom. The molecule has 1 aliphatic heterocycles. The summed E-state index contributed by atoms with van der Waals surface area (Å²) in [7, 11) is 0. The first-order valence-electron chi connectivity index (χ1n) is 7.00. The van der Waals surface area contributed by atoms with E-state index in [1.807, 2.05) is 0 Å². The third-order valence-electron chi connectivity index (χ3n) is 3.42. The number of ether oxygens (including phenoxy) is 1. The molecule has 1 aromatic carbocycles. The van der Waals surface area contributed by atoms with Crippen molar-refractivity contribution in [1.82, 2.24) is 10.6 Å². The Morgan fingerprint density at radius 2 is 1.86 bits per heavy atom. The van der Waals surface area contributed by atoms with Crippen LogP contribution in [0.1, 0.15) is 42.7 Å². The van der Waals surface area contributed by atoms with Crippen LogP contribution in [0.5, 0.6) is 0 Å². The van der Waals surface area contributed by atoms with E-state index < -0.39 is 12.0 Å². The maximum atomic E-state index is 12.1. The summed E-state index contributed by atoms with van der Waals surface area (Å²) in [6, 6.07) is 5.80. The molecule has 2 amide bonds. The third-order valence-corrected chi connectivity index (χ3v) is 3.42. The summed E-state index contributed by atoms with van der Waals surface area (Å²) in [5.74, 6) is -0.522. The van der Waals surface area contributed by atoms with Crippen LogP contribution >= 0.6 is 0 Å². The molecule has 0 saturated heterocycles. The fourth-order valence-corrected chi connectivity index (χ4v) is 2.33. The largest absolute Gasteiger partial charge is 0.463 e. The van der Waals surface area contributed by atoms with Gasteiger partial charge in [0.25, 0.3) is 0 Å². The molecule has 0 radical (unpaired) electrons. The van der Waals surface area contributed by atoms with Crippen molar-refractivity contribution >= 4 is 17.8 Å². The van der Waals surface area contributed by atoms with Crippen molar-refractivity contribution in [2.45, 2.75) is 26.8 Å². The van der Waals surface area contributed by atoms with Gasteiger partial charge in [-0.3, -0.25) is 4.79 Å². The lowest BCUT2D eigenvalue weighted by Crippen LogP contribution is -2.45. The van der Waals surface area contributed by atoms with Gasteiger partial charge in [-0.05, 0) is 26.3 Å². The van der Waals surface area contributed by atoms with Crippen molar-refractivity contribution in [3.63, 3.8) is 0 Å². The van der Waals surface area contributed by atoms with Crippen molar-refractivity contribution < 1.29 is 19.1 Å². The van der Waals surface area contributed by atoms with Crippen LogP contribution in [0.2, 0.25) is 0 Å². The molecule has 0 fully saturated rings. The van der Waals surface area contributed by atoms with Crippen LogP contribution in [0.15, 0.2) is 35.5 Å². The smallest absolute Gasteiger partial charge is 0.338 e. The van der Waals surface area contributed by atoms with E-state index in [4.69, 9.17) is 4.74 Å². The average Bonchev–Trinajstić information content (AvgIpc) is 2.46. The van der Waals surface area contributed by atoms with E-state index in [1.165, 1.54) is 6.92 Å². The van der Waals surface area contributed by atoms with Crippen molar-refractivity contribution in [3.05, 3.63) is 46.7 Å². The van der Waals surface area contributed by atoms with Gasteiger partial charge in [-0.15, -0.1) is 0 Å². The lowest BCUT2D eigenvalue weighted by molar-refractivity contribution is -0.139. The zero-order chi connectivity index (χ0) is 16.3. The second-order valence-corrected chi connectivity index (χ2v) is 4.97. The molecule has 0 bridgehead atoms. The number of Topliss-reactive ketones (excluding diaryl/α,β-unsaturated/α-hetero) is 1. The second-order valence-electron chi connectivity index (χ2n) is 4.97. The van der Waals surface area contributed by atoms with Gasteiger partial charge < -0.3 is 15.4 Å². The van der Waals surface area contributed by atoms with Crippen molar-refractivity contribution in [2.24, 2.45) is 0 Å². The summed E-state index contributed by atoms with van der Waals surface area (Å²) >= 11 is 0. The Balaban J connectivity index is 2.40. The molecule has 0 saturated carbocycles. The first-order valence-corrected chi connectivity index (χ1v) is 7.00. The van der Waals surface area contributed by atoms with Crippen LogP contribution in [0.4, 0.5) is 4.79 Å². The maximum absolute atomic E-state index is 12.1. The fraction of sp³-hybridized carbons (Fsp3) is 0.312. The van der Waals surface area contributed by atoms with Crippen LogP contribution < -0.4 is 10.6 Å².